The second-order valence-corrected chi connectivity index (χ2v) is 5.60. The molecule has 0 saturated carbocycles. The number of aryl methyl sites for hydroxylation is 1. The zero-order valence-electron chi connectivity index (χ0n) is 8.52. The van der Waals surface area contributed by atoms with Crippen molar-refractivity contribution in [2.45, 2.75) is 11.8 Å². The summed E-state index contributed by atoms with van der Waals surface area (Å²) in [7, 11) is 2.33. The highest BCUT2D eigenvalue weighted by molar-refractivity contribution is 8.13. The largest absolute Gasteiger partial charge is 0.507 e. The maximum atomic E-state index is 11.2. The van der Waals surface area contributed by atoms with Gasteiger partial charge in [-0.2, -0.15) is 0 Å². The quantitative estimate of drug-likeness (QED) is 0.645. The van der Waals surface area contributed by atoms with Gasteiger partial charge in [0.2, 0.25) is 0 Å². The summed E-state index contributed by atoms with van der Waals surface area (Å²) < 4.78 is 26.7. The van der Waals surface area contributed by atoms with Crippen LogP contribution in [0, 0.1) is 6.92 Å². The van der Waals surface area contributed by atoms with Crippen molar-refractivity contribution in [1.82, 2.24) is 0 Å². The van der Waals surface area contributed by atoms with E-state index in [0.717, 1.165) is 19.2 Å². The number of methoxy groups -OCH3 is 1. The molecule has 0 aliphatic carbocycles. The molecule has 0 atom stereocenters. The molecule has 0 aliphatic rings. The van der Waals surface area contributed by atoms with E-state index in [9.17, 15) is 18.3 Å². The van der Waals surface area contributed by atoms with Crippen LogP contribution < -0.4 is 0 Å². The monoisotopic (exact) mass is 264 g/mol. The number of aromatic hydroxyl groups is 1. The molecule has 0 heterocycles. The van der Waals surface area contributed by atoms with Gasteiger partial charge in [0.15, 0.2) is 0 Å². The van der Waals surface area contributed by atoms with Crippen molar-refractivity contribution in [3.05, 3.63) is 23.3 Å². The lowest BCUT2D eigenvalue weighted by molar-refractivity contribution is 0.0597. The first-order valence-corrected chi connectivity index (χ1v) is 6.45. The van der Waals surface area contributed by atoms with Crippen LogP contribution in [0.2, 0.25) is 0 Å². The number of hydrogen-bond acceptors (Lipinski definition) is 5. The van der Waals surface area contributed by atoms with Crippen molar-refractivity contribution >= 4 is 25.7 Å². The van der Waals surface area contributed by atoms with Gasteiger partial charge in [0.25, 0.3) is 9.05 Å². The average molecular weight is 265 g/mol. The zero-order valence-corrected chi connectivity index (χ0v) is 10.1. The van der Waals surface area contributed by atoms with E-state index in [4.69, 9.17) is 10.7 Å². The molecule has 0 bridgehead atoms. The summed E-state index contributed by atoms with van der Waals surface area (Å²) in [5.74, 6) is -1.19. The molecule has 0 fully saturated rings. The number of phenols is 1. The zero-order chi connectivity index (χ0) is 12.5. The van der Waals surface area contributed by atoms with Gasteiger partial charge in [0, 0.05) is 10.7 Å². The standard InChI is InChI=1S/C9H9ClO5S/c1-5-3-7(11)6(9(12)15-2)4-8(5)16(10,13)14/h3-4,11H,1-2H3. The lowest BCUT2D eigenvalue weighted by Gasteiger charge is -2.07. The molecule has 0 amide bonds. The highest BCUT2D eigenvalue weighted by atomic mass is 35.7. The number of phenolic OH excluding ortho intramolecular Hbond substituents is 1. The van der Waals surface area contributed by atoms with Gasteiger partial charge in [-0.05, 0) is 24.6 Å². The van der Waals surface area contributed by atoms with Crippen LogP contribution in [0.1, 0.15) is 15.9 Å². The summed E-state index contributed by atoms with van der Waals surface area (Å²) >= 11 is 0. The molecule has 0 aromatic heterocycles. The third-order valence-electron chi connectivity index (χ3n) is 1.96. The Balaban J connectivity index is 3.51. The van der Waals surface area contributed by atoms with Crippen LogP contribution in [0.15, 0.2) is 17.0 Å². The molecule has 1 N–H and O–H groups in total. The van der Waals surface area contributed by atoms with Crippen LogP contribution in [-0.2, 0) is 13.8 Å². The van der Waals surface area contributed by atoms with E-state index >= 15 is 0 Å². The van der Waals surface area contributed by atoms with Gasteiger partial charge in [-0.25, -0.2) is 13.2 Å². The maximum absolute atomic E-state index is 11.2. The second kappa shape index (κ2) is 4.31. The summed E-state index contributed by atoms with van der Waals surface area (Å²) in [4.78, 5) is 11.0. The molecule has 1 rings (SSSR count). The molecule has 1 aromatic carbocycles. The van der Waals surface area contributed by atoms with Gasteiger partial charge in [-0.15, -0.1) is 0 Å². The third-order valence-corrected chi connectivity index (χ3v) is 3.43. The third kappa shape index (κ3) is 2.45. The van der Waals surface area contributed by atoms with Gasteiger partial charge in [-0.1, -0.05) is 0 Å². The van der Waals surface area contributed by atoms with Crippen LogP contribution in [-0.4, -0.2) is 26.6 Å². The molecule has 0 unspecified atom stereocenters. The Kier molecular flexibility index (Phi) is 3.44. The normalized spacial score (nSPS) is 11.2. The minimum Gasteiger partial charge on any atom is -0.507 e. The summed E-state index contributed by atoms with van der Waals surface area (Å²) in [5.41, 5.74) is 0.00692. The Labute approximate surface area is 97.0 Å². The van der Waals surface area contributed by atoms with Crippen molar-refractivity contribution in [1.29, 1.82) is 0 Å². The van der Waals surface area contributed by atoms with Crippen LogP contribution in [0.4, 0.5) is 0 Å². The summed E-state index contributed by atoms with van der Waals surface area (Å²) in [5, 5.41) is 9.44. The number of benzene rings is 1. The van der Waals surface area contributed by atoms with E-state index in [1.54, 1.807) is 0 Å². The Morgan fingerprint density at radius 3 is 2.44 bits per heavy atom. The summed E-state index contributed by atoms with van der Waals surface area (Å²) in [6, 6.07) is 2.13. The van der Waals surface area contributed by atoms with Crippen LogP contribution in [0.5, 0.6) is 5.75 Å². The van der Waals surface area contributed by atoms with Crippen LogP contribution in [0.25, 0.3) is 0 Å². The van der Waals surface area contributed by atoms with E-state index < -0.39 is 15.0 Å². The lowest BCUT2D eigenvalue weighted by atomic mass is 10.1. The van der Waals surface area contributed by atoms with Crippen LogP contribution in [0.3, 0.4) is 0 Å². The van der Waals surface area contributed by atoms with E-state index in [1.165, 1.54) is 6.92 Å². The van der Waals surface area contributed by atoms with Crippen LogP contribution >= 0.6 is 10.7 Å². The fourth-order valence-electron chi connectivity index (χ4n) is 1.21. The predicted molar refractivity (Wildman–Crippen MR) is 57.2 cm³/mol. The van der Waals surface area contributed by atoms with Crippen molar-refractivity contribution in [2.24, 2.45) is 0 Å². The average Bonchev–Trinajstić information content (AvgIpc) is 2.14. The van der Waals surface area contributed by atoms with Gasteiger partial charge < -0.3 is 9.84 Å². The number of carbonyl (C=O) groups is 1. The Bertz CT molecular complexity index is 535. The number of carbonyl (C=O) groups excluding carboxylic acids is 1. The maximum Gasteiger partial charge on any atom is 0.341 e. The Hall–Kier alpha value is -1.27. The van der Waals surface area contributed by atoms with Crippen molar-refractivity contribution in [3.8, 4) is 5.75 Å². The SMILES string of the molecule is COC(=O)c1cc(S(=O)(=O)Cl)c(C)cc1O. The molecule has 0 radical (unpaired) electrons. The Morgan fingerprint density at radius 2 is 2.00 bits per heavy atom. The summed E-state index contributed by atoms with van der Waals surface area (Å²) in [6.07, 6.45) is 0. The number of rotatable bonds is 2. The molecular formula is C9H9ClO5S. The molecule has 5 nitrogen and oxygen atoms in total. The molecule has 16 heavy (non-hydrogen) atoms. The predicted octanol–water partition coefficient (Wildman–Crippen LogP) is 1.41. The number of ether oxygens (including phenoxy) is 1. The van der Waals surface area contributed by atoms with Crippen molar-refractivity contribution in [3.63, 3.8) is 0 Å². The van der Waals surface area contributed by atoms with E-state index in [1.807, 2.05) is 0 Å². The van der Waals surface area contributed by atoms with Gasteiger partial charge in [0.1, 0.15) is 11.3 Å². The Morgan fingerprint density at radius 1 is 1.44 bits per heavy atom. The molecule has 1 aromatic rings. The number of esters is 1. The first-order chi connectivity index (χ1) is 7.27. The molecular weight excluding hydrogens is 256 g/mol. The first kappa shape index (κ1) is 12.8. The molecule has 88 valence electrons. The minimum absolute atomic E-state index is 0.229. The van der Waals surface area contributed by atoms with E-state index in [2.05, 4.69) is 4.74 Å². The fraction of sp³-hybridized carbons (Fsp3) is 0.222. The fourth-order valence-corrected chi connectivity index (χ4v) is 2.41. The summed E-state index contributed by atoms with van der Waals surface area (Å²) in [6.45, 7) is 1.45. The lowest BCUT2D eigenvalue weighted by Crippen LogP contribution is -2.05. The van der Waals surface area contributed by atoms with Crippen molar-refractivity contribution < 1.29 is 23.1 Å². The minimum atomic E-state index is -3.96. The van der Waals surface area contributed by atoms with E-state index in [0.29, 0.717) is 0 Å². The second-order valence-electron chi connectivity index (χ2n) is 3.06. The molecule has 0 saturated heterocycles. The molecule has 0 spiro atoms. The number of halogens is 1. The topological polar surface area (TPSA) is 80.7 Å². The smallest absolute Gasteiger partial charge is 0.341 e. The number of hydrogen-bond donors (Lipinski definition) is 1. The highest BCUT2D eigenvalue weighted by Crippen LogP contribution is 2.27. The molecule has 7 heteroatoms. The first-order valence-electron chi connectivity index (χ1n) is 4.14. The van der Waals surface area contributed by atoms with Gasteiger partial charge >= 0.3 is 5.97 Å². The van der Waals surface area contributed by atoms with E-state index in [-0.39, 0.29) is 21.8 Å². The van der Waals surface area contributed by atoms with Gasteiger partial charge in [0.05, 0.1) is 12.0 Å². The van der Waals surface area contributed by atoms with Gasteiger partial charge in [-0.3, -0.25) is 0 Å². The highest BCUT2D eigenvalue weighted by Gasteiger charge is 2.20. The van der Waals surface area contributed by atoms with Crippen molar-refractivity contribution in [2.75, 3.05) is 7.11 Å². The molecule has 0 aliphatic heterocycles.